The van der Waals surface area contributed by atoms with Crippen LogP contribution in [-0.4, -0.2) is 13.1 Å². The van der Waals surface area contributed by atoms with Gasteiger partial charge in [0.05, 0.1) is 0 Å². The first kappa shape index (κ1) is 14.1. The fraction of sp³-hybridized carbons (Fsp3) is 0.684. The Balaban J connectivity index is 1.53. The first-order chi connectivity index (χ1) is 9.86. The Kier molecular flexibility index (Phi) is 4.77. The summed E-state index contributed by atoms with van der Waals surface area (Å²) in [5.74, 6) is 1.79. The molecule has 1 aromatic rings. The Morgan fingerprint density at radius 2 is 1.80 bits per heavy atom. The van der Waals surface area contributed by atoms with Crippen molar-refractivity contribution in [1.82, 2.24) is 5.32 Å². The summed E-state index contributed by atoms with van der Waals surface area (Å²) in [6.07, 6.45) is 12.9. The van der Waals surface area contributed by atoms with Crippen LogP contribution in [0.4, 0.5) is 0 Å². The molecule has 2 atom stereocenters. The van der Waals surface area contributed by atoms with E-state index < -0.39 is 0 Å². The molecule has 0 radical (unpaired) electrons. The van der Waals surface area contributed by atoms with E-state index in [0.717, 1.165) is 17.9 Å². The molecule has 20 heavy (non-hydrogen) atoms. The summed E-state index contributed by atoms with van der Waals surface area (Å²) in [6.45, 7) is 0. The number of nitrogens with one attached hydrogen (secondary N) is 1. The predicted molar refractivity (Wildman–Crippen MR) is 86.2 cm³/mol. The third kappa shape index (κ3) is 3.25. The van der Waals surface area contributed by atoms with Gasteiger partial charge in [-0.05, 0) is 49.3 Å². The molecule has 0 aromatic heterocycles. The normalized spacial score (nSPS) is 24.6. The average molecular weight is 271 g/mol. The molecule has 2 unspecified atom stereocenters. The largest absolute Gasteiger partial charge is 0.317 e. The molecular formula is C19H29N. The summed E-state index contributed by atoms with van der Waals surface area (Å²) in [5.41, 5.74) is 3.20. The van der Waals surface area contributed by atoms with Gasteiger partial charge >= 0.3 is 0 Å². The second-order valence-electron chi connectivity index (χ2n) is 6.91. The monoisotopic (exact) mass is 271 g/mol. The Hall–Kier alpha value is -0.820. The van der Waals surface area contributed by atoms with Crippen molar-refractivity contribution in [1.29, 1.82) is 0 Å². The summed E-state index contributed by atoms with van der Waals surface area (Å²) < 4.78 is 0. The van der Waals surface area contributed by atoms with E-state index in [1.54, 1.807) is 11.1 Å². The predicted octanol–water partition coefficient (Wildman–Crippen LogP) is 4.66. The number of fused-ring (bicyclic) bond motifs is 1. The number of benzene rings is 1. The minimum atomic E-state index is 0.719. The lowest BCUT2D eigenvalue weighted by Gasteiger charge is -2.34. The molecule has 110 valence electrons. The fourth-order valence-electron chi connectivity index (χ4n) is 4.25. The highest BCUT2D eigenvalue weighted by molar-refractivity contribution is 5.39. The molecule has 3 rings (SSSR count). The van der Waals surface area contributed by atoms with E-state index in [-0.39, 0.29) is 0 Å². The lowest BCUT2D eigenvalue weighted by atomic mass is 9.73. The molecule has 0 saturated heterocycles. The highest BCUT2D eigenvalue weighted by atomic mass is 14.9. The molecule has 0 bridgehead atoms. The zero-order chi connectivity index (χ0) is 13.8. The van der Waals surface area contributed by atoms with Gasteiger partial charge in [0.1, 0.15) is 0 Å². The van der Waals surface area contributed by atoms with Gasteiger partial charge in [-0.15, -0.1) is 0 Å². The molecule has 0 heterocycles. The first-order valence-electron chi connectivity index (χ1n) is 8.62. The summed E-state index contributed by atoms with van der Waals surface area (Å²) in [5, 5.41) is 3.60. The van der Waals surface area contributed by atoms with Gasteiger partial charge in [-0.3, -0.25) is 0 Å². The molecule has 1 N–H and O–H groups in total. The van der Waals surface area contributed by atoms with Gasteiger partial charge in [-0.2, -0.15) is 0 Å². The van der Waals surface area contributed by atoms with Crippen LogP contribution in [0, 0.1) is 5.92 Å². The zero-order valence-corrected chi connectivity index (χ0v) is 12.9. The highest BCUT2D eigenvalue weighted by Crippen LogP contribution is 2.39. The molecule has 1 saturated carbocycles. The maximum absolute atomic E-state index is 3.60. The van der Waals surface area contributed by atoms with Crippen LogP contribution in [0.1, 0.15) is 68.4 Å². The quantitative estimate of drug-likeness (QED) is 0.768. The van der Waals surface area contributed by atoms with Crippen LogP contribution >= 0.6 is 0 Å². The molecule has 0 aliphatic heterocycles. The van der Waals surface area contributed by atoms with Crippen molar-refractivity contribution in [3.8, 4) is 0 Å². The lowest BCUT2D eigenvalue weighted by molar-refractivity contribution is 0.330. The van der Waals surface area contributed by atoms with E-state index in [0.29, 0.717) is 0 Å². The van der Waals surface area contributed by atoms with E-state index in [1.807, 2.05) is 0 Å². The van der Waals surface area contributed by atoms with Gasteiger partial charge in [-0.25, -0.2) is 0 Å². The van der Waals surface area contributed by atoms with Crippen LogP contribution in [-0.2, 0) is 6.42 Å². The SMILES string of the molecule is CNC(CC1CCCCCC1)CC1Cc2ccccc21. The number of hydrogen-bond acceptors (Lipinski definition) is 1. The van der Waals surface area contributed by atoms with Crippen molar-refractivity contribution in [2.24, 2.45) is 5.92 Å². The maximum atomic E-state index is 3.60. The maximum Gasteiger partial charge on any atom is 0.00726 e. The van der Waals surface area contributed by atoms with E-state index in [4.69, 9.17) is 0 Å². The molecule has 2 aliphatic carbocycles. The van der Waals surface area contributed by atoms with Crippen LogP contribution in [0.5, 0.6) is 0 Å². The lowest BCUT2D eigenvalue weighted by Crippen LogP contribution is -2.32. The number of rotatable bonds is 5. The topological polar surface area (TPSA) is 12.0 Å². The van der Waals surface area contributed by atoms with Gasteiger partial charge in [0.15, 0.2) is 0 Å². The molecule has 0 amide bonds. The molecule has 1 fully saturated rings. The first-order valence-corrected chi connectivity index (χ1v) is 8.62. The van der Waals surface area contributed by atoms with Crippen LogP contribution in [0.2, 0.25) is 0 Å². The van der Waals surface area contributed by atoms with E-state index >= 15 is 0 Å². The van der Waals surface area contributed by atoms with Crippen molar-refractivity contribution in [2.75, 3.05) is 7.05 Å². The molecule has 0 spiro atoms. The van der Waals surface area contributed by atoms with Crippen molar-refractivity contribution >= 4 is 0 Å². The van der Waals surface area contributed by atoms with Crippen molar-refractivity contribution < 1.29 is 0 Å². The number of hydrogen-bond donors (Lipinski definition) is 1. The van der Waals surface area contributed by atoms with Crippen LogP contribution in [0.15, 0.2) is 24.3 Å². The van der Waals surface area contributed by atoms with Crippen LogP contribution in [0.3, 0.4) is 0 Å². The summed E-state index contributed by atoms with van der Waals surface area (Å²) in [4.78, 5) is 0. The summed E-state index contributed by atoms with van der Waals surface area (Å²) >= 11 is 0. The fourth-order valence-corrected chi connectivity index (χ4v) is 4.25. The van der Waals surface area contributed by atoms with E-state index in [2.05, 4.69) is 36.6 Å². The van der Waals surface area contributed by atoms with Gasteiger partial charge < -0.3 is 5.32 Å². The second-order valence-corrected chi connectivity index (χ2v) is 6.91. The van der Waals surface area contributed by atoms with Crippen LogP contribution < -0.4 is 5.32 Å². The standard InChI is InChI=1S/C19H29N/c1-20-18(12-15-8-4-2-3-5-9-15)14-17-13-16-10-6-7-11-19(16)17/h6-7,10-11,15,17-18,20H,2-5,8-9,12-14H2,1H3. The summed E-state index contributed by atoms with van der Waals surface area (Å²) in [7, 11) is 2.16. The highest BCUT2D eigenvalue weighted by Gasteiger charge is 2.28. The summed E-state index contributed by atoms with van der Waals surface area (Å²) in [6, 6.07) is 9.73. The van der Waals surface area contributed by atoms with E-state index in [9.17, 15) is 0 Å². The molecule has 1 nitrogen and oxygen atoms in total. The third-order valence-electron chi connectivity index (χ3n) is 5.53. The second kappa shape index (κ2) is 6.76. The molecule has 2 aliphatic rings. The Morgan fingerprint density at radius 3 is 2.50 bits per heavy atom. The average Bonchev–Trinajstić information content (AvgIpc) is 2.72. The van der Waals surface area contributed by atoms with Crippen molar-refractivity contribution in [3.05, 3.63) is 35.4 Å². The van der Waals surface area contributed by atoms with Gasteiger partial charge in [0.25, 0.3) is 0 Å². The zero-order valence-electron chi connectivity index (χ0n) is 12.9. The Labute approximate surface area is 124 Å². The van der Waals surface area contributed by atoms with E-state index in [1.165, 1.54) is 57.8 Å². The molecular weight excluding hydrogens is 242 g/mol. The Morgan fingerprint density at radius 1 is 1.05 bits per heavy atom. The van der Waals surface area contributed by atoms with Gasteiger partial charge in [0.2, 0.25) is 0 Å². The molecule has 1 aromatic carbocycles. The minimum absolute atomic E-state index is 0.719. The smallest absolute Gasteiger partial charge is 0.00726 e. The van der Waals surface area contributed by atoms with Crippen molar-refractivity contribution in [2.45, 2.75) is 69.7 Å². The molecule has 1 heteroatoms. The van der Waals surface area contributed by atoms with Crippen LogP contribution in [0.25, 0.3) is 0 Å². The van der Waals surface area contributed by atoms with Gasteiger partial charge in [-0.1, -0.05) is 62.8 Å². The van der Waals surface area contributed by atoms with Gasteiger partial charge in [0, 0.05) is 6.04 Å². The van der Waals surface area contributed by atoms with Crippen molar-refractivity contribution in [3.63, 3.8) is 0 Å². The minimum Gasteiger partial charge on any atom is -0.317 e. The third-order valence-corrected chi connectivity index (χ3v) is 5.53. The Bertz CT molecular complexity index is 418.